The molecule has 7 heteroatoms. The van der Waals surface area contributed by atoms with Crippen molar-refractivity contribution in [2.45, 2.75) is 26.3 Å². The molecule has 0 atom stereocenters. The molecule has 0 spiro atoms. The van der Waals surface area contributed by atoms with E-state index in [4.69, 9.17) is 0 Å². The number of benzene rings is 1. The summed E-state index contributed by atoms with van der Waals surface area (Å²) in [6.45, 7) is 4.11. The fraction of sp³-hybridized carbons (Fsp3) is 0.333. The lowest BCUT2D eigenvalue weighted by atomic mass is 10.2. The van der Waals surface area contributed by atoms with Crippen molar-refractivity contribution in [2.24, 2.45) is 4.99 Å². The number of aromatic nitrogens is 1. The number of hydrogen-bond donors (Lipinski definition) is 2. The van der Waals surface area contributed by atoms with Gasteiger partial charge in [-0.1, -0.05) is 25.1 Å². The van der Waals surface area contributed by atoms with E-state index in [-0.39, 0.29) is 5.69 Å². The van der Waals surface area contributed by atoms with Crippen molar-refractivity contribution < 1.29 is 4.92 Å². The molecule has 7 nitrogen and oxygen atoms in total. The molecule has 0 aliphatic heterocycles. The second-order valence-corrected chi connectivity index (χ2v) is 5.51. The summed E-state index contributed by atoms with van der Waals surface area (Å²) in [6.07, 6.45) is 3.60. The Labute approximate surface area is 147 Å². The summed E-state index contributed by atoms with van der Waals surface area (Å²) in [5, 5.41) is 17.2. The van der Waals surface area contributed by atoms with Crippen LogP contribution in [0.5, 0.6) is 0 Å². The molecule has 132 valence electrons. The molecule has 0 saturated heterocycles. The van der Waals surface area contributed by atoms with Crippen molar-refractivity contribution in [1.82, 2.24) is 15.6 Å². The fourth-order valence-electron chi connectivity index (χ4n) is 2.17. The third-order valence-electron chi connectivity index (χ3n) is 3.51. The van der Waals surface area contributed by atoms with Gasteiger partial charge in [-0.3, -0.25) is 15.1 Å². The molecule has 1 aromatic carbocycles. The Bertz CT molecular complexity index is 686. The highest BCUT2D eigenvalue weighted by atomic mass is 16.6. The predicted octanol–water partition coefficient (Wildman–Crippen LogP) is 2.68. The third kappa shape index (κ3) is 6.58. The molecule has 1 aromatic heterocycles. The molecule has 0 fully saturated rings. The van der Waals surface area contributed by atoms with E-state index in [2.05, 4.69) is 27.5 Å². The summed E-state index contributed by atoms with van der Waals surface area (Å²) in [5.41, 5.74) is 2.04. The first-order valence-electron chi connectivity index (χ1n) is 8.34. The molecule has 0 saturated carbocycles. The number of nitrogens with zero attached hydrogens (tertiary/aromatic N) is 3. The molecular weight excluding hydrogens is 318 g/mol. The standard InChI is InChI=1S/C18H23N5O2/c1-2-11-20-18(21-13-10-16-5-3-4-12-19-16)22-14-15-6-8-17(9-7-15)23(24)25/h3-9,12H,2,10-11,13-14H2,1H3,(H2,20,21,22). The summed E-state index contributed by atoms with van der Waals surface area (Å²) in [7, 11) is 0. The van der Waals surface area contributed by atoms with Gasteiger partial charge in [-0.2, -0.15) is 0 Å². The lowest BCUT2D eigenvalue weighted by molar-refractivity contribution is -0.384. The number of rotatable bonds is 8. The monoisotopic (exact) mass is 341 g/mol. The Morgan fingerprint density at radius 1 is 1.16 bits per heavy atom. The lowest BCUT2D eigenvalue weighted by Gasteiger charge is -2.12. The minimum atomic E-state index is -0.402. The Hall–Kier alpha value is -2.96. The van der Waals surface area contributed by atoms with Crippen molar-refractivity contribution in [2.75, 3.05) is 13.1 Å². The van der Waals surface area contributed by atoms with Gasteiger partial charge in [0.05, 0.1) is 11.5 Å². The van der Waals surface area contributed by atoms with Crippen LogP contribution >= 0.6 is 0 Å². The van der Waals surface area contributed by atoms with Gasteiger partial charge in [-0.15, -0.1) is 0 Å². The van der Waals surface area contributed by atoms with Crippen LogP contribution in [0.3, 0.4) is 0 Å². The number of aliphatic imine (C=N–C) groups is 1. The molecule has 2 aromatic rings. The summed E-state index contributed by atoms with van der Waals surface area (Å²) in [6, 6.07) is 12.3. The van der Waals surface area contributed by atoms with Gasteiger partial charge in [0.2, 0.25) is 0 Å². The molecule has 0 radical (unpaired) electrons. The molecule has 0 aliphatic rings. The van der Waals surface area contributed by atoms with E-state index in [1.807, 2.05) is 18.2 Å². The minimum Gasteiger partial charge on any atom is -0.356 e. The van der Waals surface area contributed by atoms with Crippen LogP contribution in [0.15, 0.2) is 53.7 Å². The van der Waals surface area contributed by atoms with E-state index in [9.17, 15) is 10.1 Å². The molecule has 25 heavy (non-hydrogen) atoms. The van der Waals surface area contributed by atoms with Crippen LogP contribution in [-0.4, -0.2) is 29.0 Å². The maximum absolute atomic E-state index is 10.7. The number of non-ortho nitro benzene ring substituents is 1. The van der Waals surface area contributed by atoms with Crippen LogP contribution in [0.2, 0.25) is 0 Å². The van der Waals surface area contributed by atoms with Gasteiger partial charge in [0.15, 0.2) is 5.96 Å². The van der Waals surface area contributed by atoms with Crippen molar-refractivity contribution in [1.29, 1.82) is 0 Å². The van der Waals surface area contributed by atoms with Gasteiger partial charge >= 0.3 is 0 Å². The van der Waals surface area contributed by atoms with Crippen LogP contribution in [0.25, 0.3) is 0 Å². The Morgan fingerprint density at radius 3 is 2.56 bits per heavy atom. The normalized spacial score (nSPS) is 11.2. The van der Waals surface area contributed by atoms with E-state index in [1.54, 1.807) is 18.3 Å². The summed E-state index contributed by atoms with van der Waals surface area (Å²) < 4.78 is 0. The highest BCUT2D eigenvalue weighted by molar-refractivity contribution is 5.79. The average Bonchev–Trinajstić information content (AvgIpc) is 2.64. The molecule has 2 rings (SSSR count). The lowest BCUT2D eigenvalue weighted by Crippen LogP contribution is -2.38. The summed E-state index contributed by atoms with van der Waals surface area (Å²) in [5.74, 6) is 0.733. The Morgan fingerprint density at radius 2 is 1.92 bits per heavy atom. The van der Waals surface area contributed by atoms with Gasteiger partial charge in [0.25, 0.3) is 5.69 Å². The maximum atomic E-state index is 10.7. The second-order valence-electron chi connectivity index (χ2n) is 5.51. The van der Waals surface area contributed by atoms with E-state index in [0.717, 1.165) is 43.1 Å². The first-order chi connectivity index (χ1) is 12.2. The molecule has 0 amide bonds. The topological polar surface area (TPSA) is 92.5 Å². The molecule has 0 bridgehead atoms. The average molecular weight is 341 g/mol. The Kier molecular flexibility index (Phi) is 7.37. The van der Waals surface area contributed by atoms with Gasteiger partial charge in [-0.05, 0) is 24.1 Å². The van der Waals surface area contributed by atoms with E-state index in [0.29, 0.717) is 6.54 Å². The van der Waals surface area contributed by atoms with Crippen molar-refractivity contribution in [3.05, 3.63) is 70.0 Å². The van der Waals surface area contributed by atoms with Gasteiger partial charge in [0.1, 0.15) is 0 Å². The number of nitro groups is 1. The number of guanidine groups is 1. The van der Waals surface area contributed by atoms with Gasteiger partial charge in [-0.25, -0.2) is 4.99 Å². The van der Waals surface area contributed by atoms with E-state index >= 15 is 0 Å². The number of nitro benzene ring substituents is 1. The van der Waals surface area contributed by atoms with Gasteiger partial charge < -0.3 is 10.6 Å². The number of hydrogen-bond acceptors (Lipinski definition) is 4. The van der Waals surface area contributed by atoms with E-state index in [1.165, 1.54) is 12.1 Å². The second kappa shape index (κ2) is 10.0. The highest BCUT2D eigenvalue weighted by Gasteiger charge is 2.04. The molecule has 0 unspecified atom stereocenters. The van der Waals surface area contributed by atoms with Crippen LogP contribution in [0.4, 0.5) is 5.69 Å². The van der Waals surface area contributed by atoms with Gasteiger partial charge in [0, 0.05) is 43.5 Å². The summed E-state index contributed by atoms with van der Waals surface area (Å²) in [4.78, 5) is 19.1. The smallest absolute Gasteiger partial charge is 0.269 e. The van der Waals surface area contributed by atoms with Crippen molar-refractivity contribution in [3.63, 3.8) is 0 Å². The highest BCUT2D eigenvalue weighted by Crippen LogP contribution is 2.12. The third-order valence-corrected chi connectivity index (χ3v) is 3.51. The SMILES string of the molecule is CCCNC(=NCc1ccc([N+](=O)[O-])cc1)NCCc1ccccn1. The Balaban J connectivity index is 1.90. The van der Waals surface area contributed by atoms with Crippen LogP contribution in [-0.2, 0) is 13.0 Å². The fourth-order valence-corrected chi connectivity index (χ4v) is 2.17. The quantitative estimate of drug-likeness (QED) is 0.333. The largest absolute Gasteiger partial charge is 0.356 e. The van der Waals surface area contributed by atoms with Crippen LogP contribution in [0, 0.1) is 10.1 Å². The van der Waals surface area contributed by atoms with Crippen LogP contribution < -0.4 is 10.6 Å². The molecule has 0 aliphatic carbocycles. The maximum Gasteiger partial charge on any atom is 0.269 e. The van der Waals surface area contributed by atoms with Crippen LogP contribution in [0.1, 0.15) is 24.6 Å². The zero-order valence-corrected chi connectivity index (χ0v) is 14.3. The van der Waals surface area contributed by atoms with Crippen molar-refractivity contribution in [3.8, 4) is 0 Å². The molecule has 2 N–H and O–H groups in total. The number of nitrogens with one attached hydrogen (secondary N) is 2. The minimum absolute atomic E-state index is 0.0885. The molecular formula is C18H23N5O2. The van der Waals surface area contributed by atoms with Crippen molar-refractivity contribution >= 4 is 11.6 Å². The molecule has 1 heterocycles. The number of pyridine rings is 1. The zero-order chi connectivity index (χ0) is 17.9. The predicted molar refractivity (Wildman–Crippen MR) is 98.5 cm³/mol. The zero-order valence-electron chi connectivity index (χ0n) is 14.3. The summed E-state index contributed by atoms with van der Waals surface area (Å²) >= 11 is 0. The first kappa shape index (κ1) is 18.4. The van der Waals surface area contributed by atoms with E-state index < -0.39 is 4.92 Å². The first-order valence-corrected chi connectivity index (χ1v) is 8.34.